The number of thioether (sulfide) groups is 1. The van der Waals surface area contributed by atoms with Gasteiger partial charge in [0, 0.05) is 11.9 Å². The summed E-state index contributed by atoms with van der Waals surface area (Å²) >= 11 is 1.31. The lowest BCUT2D eigenvalue weighted by atomic mass is 10.1. The normalized spacial score (nSPS) is 17.2. The summed E-state index contributed by atoms with van der Waals surface area (Å²) in [4.78, 5) is 14.4. The number of aromatic nitrogens is 1. The zero-order valence-corrected chi connectivity index (χ0v) is 10.7. The number of aliphatic carboxylic acids is 1. The summed E-state index contributed by atoms with van der Waals surface area (Å²) in [7, 11) is 0. The Morgan fingerprint density at radius 1 is 1.42 bits per heavy atom. The van der Waals surface area contributed by atoms with Crippen molar-refractivity contribution in [3.8, 4) is 0 Å². The summed E-state index contributed by atoms with van der Waals surface area (Å²) in [6, 6.07) is 2.32. The number of carbonyl (C=O) groups is 1. The van der Waals surface area contributed by atoms with E-state index >= 15 is 0 Å². The van der Waals surface area contributed by atoms with Crippen molar-refractivity contribution >= 4 is 17.7 Å². The average molecular weight is 291 g/mol. The molecule has 0 aromatic carbocycles. The fourth-order valence-corrected chi connectivity index (χ4v) is 2.87. The van der Waals surface area contributed by atoms with Gasteiger partial charge in [0.1, 0.15) is 0 Å². The van der Waals surface area contributed by atoms with Gasteiger partial charge in [0.05, 0.1) is 17.0 Å². The molecule has 1 aliphatic carbocycles. The van der Waals surface area contributed by atoms with Gasteiger partial charge in [0.15, 0.2) is 0 Å². The maximum atomic E-state index is 12.3. The lowest BCUT2D eigenvalue weighted by Crippen LogP contribution is -2.11. The molecule has 2 rings (SSSR count). The van der Waals surface area contributed by atoms with Crippen LogP contribution in [0.5, 0.6) is 0 Å². The van der Waals surface area contributed by atoms with Crippen LogP contribution in [0.3, 0.4) is 0 Å². The largest absolute Gasteiger partial charge is 0.481 e. The first kappa shape index (κ1) is 14.2. The molecule has 1 aromatic heterocycles. The molecule has 0 atom stereocenters. The van der Waals surface area contributed by atoms with Crippen LogP contribution in [-0.2, 0) is 11.0 Å². The third-order valence-corrected chi connectivity index (χ3v) is 4.37. The van der Waals surface area contributed by atoms with Crippen molar-refractivity contribution < 1.29 is 23.1 Å². The van der Waals surface area contributed by atoms with Gasteiger partial charge in [-0.2, -0.15) is 13.2 Å². The lowest BCUT2D eigenvalue weighted by molar-refractivity contribution is -0.139. The van der Waals surface area contributed by atoms with E-state index in [9.17, 15) is 18.0 Å². The average Bonchev–Trinajstić information content (AvgIpc) is 3.05. The van der Waals surface area contributed by atoms with Gasteiger partial charge >= 0.3 is 12.1 Å². The summed E-state index contributed by atoms with van der Waals surface area (Å²) in [5.41, 5.74) is -0.968. The van der Waals surface area contributed by atoms with Gasteiger partial charge in [-0.25, -0.2) is 4.98 Å². The molecule has 0 unspecified atom stereocenters. The molecule has 0 aliphatic heterocycles. The van der Waals surface area contributed by atoms with E-state index in [0.717, 1.165) is 25.1 Å². The molecule has 19 heavy (non-hydrogen) atoms. The van der Waals surface area contributed by atoms with Crippen LogP contribution >= 0.6 is 11.8 Å². The van der Waals surface area contributed by atoms with E-state index in [1.165, 1.54) is 17.8 Å². The van der Waals surface area contributed by atoms with Crippen LogP contribution < -0.4 is 0 Å². The molecular formula is C12H12F3NO2S. The number of carboxylic acids is 1. The predicted octanol–water partition coefficient (Wildman–Crippen LogP) is 3.45. The molecule has 1 saturated carbocycles. The van der Waals surface area contributed by atoms with Crippen LogP contribution in [0.15, 0.2) is 23.4 Å². The SMILES string of the molecule is O=C(O)CC1(CSc2ccc(C(F)(F)F)cn2)CC1. The van der Waals surface area contributed by atoms with E-state index in [0.29, 0.717) is 10.8 Å². The van der Waals surface area contributed by atoms with Gasteiger partial charge < -0.3 is 5.11 Å². The summed E-state index contributed by atoms with van der Waals surface area (Å²) in [5.74, 6) is -0.254. The molecule has 7 heteroatoms. The molecule has 0 radical (unpaired) electrons. The topological polar surface area (TPSA) is 50.2 Å². The second-order valence-electron chi connectivity index (χ2n) is 4.74. The highest BCUT2D eigenvalue weighted by Crippen LogP contribution is 2.51. The van der Waals surface area contributed by atoms with Crippen molar-refractivity contribution in [3.05, 3.63) is 23.9 Å². The molecular weight excluding hydrogens is 279 g/mol. The summed E-state index contributed by atoms with van der Waals surface area (Å²) in [6.45, 7) is 0. The second kappa shape index (κ2) is 5.03. The highest BCUT2D eigenvalue weighted by Gasteiger charge is 2.44. The van der Waals surface area contributed by atoms with E-state index in [1.807, 2.05) is 0 Å². The van der Waals surface area contributed by atoms with Gasteiger partial charge in [-0.3, -0.25) is 4.79 Å². The highest BCUT2D eigenvalue weighted by molar-refractivity contribution is 7.99. The number of nitrogens with zero attached hydrogens (tertiary/aromatic N) is 1. The monoisotopic (exact) mass is 291 g/mol. The number of halogens is 3. The van der Waals surface area contributed by atoms with Gasteiger partial charge in [-0.1, -0.05) is 0 Å². The first-order chi connectivity index (χ1) is 8.81. The fourth-order valence-electron chi connectivity index (χ4n) is 1.73. The third kappa shape index (κ3) is 3.86. The minimum Gasteiger partial charge on any atom is -0.481 e. The molecule has 0 saturated heterocycles. The van der Waals surface area contributed by atoms with Crippen LogP contribution in [0.1, 0.15) is 24.8 Å². The molecule has 1 fully saturated rings. The first-order valence-corrected chi connectivity index (χ1v) is 6.67. The van der Waals surface area contributed by atoms with Gasteiger partial charge in [-0.05, 0) is 30.4 Å². The van der Waals surface area contributed by atoms with E-state index in [-0.39, 0.29) is 11.8 Å². The first-order valence-electron chi connectivity index (χ1n) is 5.69. The lowest BCUT2D eigenvalue weighted by Gasteiger charge is -2.11. The van der Waals surface area contributed by atoms with E-state index in [2.05, 4.69) is 4.98 Å². The number of rotatable bonds is 5. The summed E-state index contributed by atoms with van der Waals surface area (Å²) < 4.78 is 37.0. The van der Waals surface area contributed by atoms with Crippen LogP contribution in [0, 0.1) is 5.41 Å². The fraction of sp³-hybridized carbons (Fsp3) is 0.500. The highest BCUT2D eigenvalue weighted by atomic mass is 32.2. The van der Waals surface area contributed by atoms with Crippen molar-refractivity contribution in [2.45, 2.75) is 30.5 Å². The van der Waals surface area contributed by atoms with Gasteiger partial charge in [0.2, 0.25) is 0 Å². The predicted molar refractivity (Wildman–Crippen MR) is 63.9 cm³/mol. The molecule has 3 nitrogen and oxygen atoms in total. The molecule has 1 aromatic rings. The number of hydrogen-bond acceptors (Lipinski definition) is 3. The Bertz CT molecular complexity index is 469. The molecule has 1 aliphatic rings. The Kier molecular flexibility index (Phi) is 3.75. The Balaban J connectivity index is 1.92. The van der Waals surface area contributed by atoms with Crippen LogP contribution in [0.25, 0.3) is 0 Å². The Morgan fingerprint density at radius 2 is 2.11 bits per heavy atom. The van der Waals surface area contributed by atoms with Crippen LogP contribution in [0.2, 0.25) is 0 Å². The third-order valence-electron chi connectivity index (χ3n) is 3.07. The molecule has 104 valence electrons. The number of hydrogen-bond donors (Lipinski definition) is 1. The van der Waals surface area contributed by atoms with E-state index in [1.54, 1.807) is 0 Å². The number of pyridine rings is 1. The van der Waals surface area contributed by atoms with Crippen LogP contribution in [-0.4, -0.2) is 21.8 Å². The Labute approximate surface area is 112 Å². The number of alkyl halides is 3. The zero-order valence-electron chi connectivity index (χ0n) is 9.91. The standard InChI is InChI=1S/C12H12F3NO2S/c13-12(14,15)8-1-2-9(16-6-8)19-7-11(3-4-11)5-10(17)18/h1-2,6H,3-5,7H2,(H,17,18). The number of carboxylic acid groups (broad SMARTS) is 1. The van der Waals surface area contributed by atoms with Crippen molar-refractivity contribution in [3.63, 3.8) is 0 Å². The molecule has 1 heterocycles. The maximum Gasteiger partial charge on any atom is 0.417 e. The maximum absolute atomic E-state index is 12.3. The van der Waals surface area contributed by atoms with Crippen molar-refractivity contribution in [1.29, 1.82) is 0 Å². The van der Waals surface area contributed by atoms with Gasteiger partial charge in [-0.15, -0.1) is 11.8 Å². The minimum atomic E-state index is -4.38. The smallest absolute Gasteiger partial charge is 0.417 e. The Morgan fingerprint density at radius 3 is 2.53 bits per heavy atom. The van der Waals surface area contributed by atoms with Gasteiger partial charge in [0.25, 0.3) is 0 Å². The van der Waals surface area contributed by atoms with Crippen molar-refractivity contribution in [1.82, 2.24) is 4.98 Å². The quantitative estimate of drug-likeness (QED) is 0.844. The second-order valence-corrected chi connectivity index (χ2v) is 5.74. The Hall–Kier alpha value is -1.24. The van der Waals surface area contributed by atoms with E-state index < -0.39 is 17.7 Å². The molecule has 0 spiro atoms. The molecule has 0 amide bonds. The molecule has 1 N–H and O–H groups in total. The van der Waals surface area contributed by atoms with Crippen molar-refractivity contribution in [2.75, 3.05) is 5.75 Å². The summed E-state index contributed by atoms with van der Waals surface area (Å²) in [6.07, 6.45) is -1.75. The molecule has 0 bridgehead atoms. The summed E-state index contributed by atoms with van der Waals surface area (Å²) in [5, 5.41) is 9.25. The minimum absolute atomic E-state index is 0.112. The van der Waals surface area contributed by atoms with E-state index in [4.69, 9.17) is 5.11 Å². The van der Waals surface area contributed by atoms with Crippen molar-refractivity contribution in [2.24, 2.45) is 5.41 Å². The van der Waals surface area contributed by atoms with Crippen LogP contribution in [0.4, 0.5) is 13.2 Å². The zero-order chi connectivity index (χ0) is 14.1.